The lowest BCUT2D eigenvalue weighted by Crippen LogP contribution is -2.38. The summed E-state index contributed by atoms with van der Waals surface area (Å²) in [6.07, 6.45) is 6.28. The molecule has 0 amide bonds. The topological polar surface area (TPSA) is 62.3 Å². The van der Waals surface area contributed by atoms with Gasteiger partial charge in [-0.05, 0) is 62.4 Å². The van der Waals surface area contributed by atoms with Crippen LogP contribution in [-0.2, 0) is 6.54 Å². The van der Waals surface area contributed by atoms with Crippen LogP contribution in [-0.4, -0.2) is 53.7 Å². The summed E-state index contributed by atoms with van der Waals surface area (Å²) in [4.78, 5) is 11.6. The van der Waals surface area contributed by atoms with E-state index >= 15 is 0 Å². The Kier molecular flexibility index (Phi) is 6.80. The van der Waals surface area contributed by atoms with Gasteiger partial charge in [0, 0.05) is 37.1 Å². The second-order valence-electron chi connectivity index (χ2n) is 9.09. The van der Waals surface area contributed by atoms with Gasteiger partial charge < -0.3 is 15.4 Å². The van der Waals surface area contributed by atoms with E-state index in [1.165, 1.54) is 18.4 Å². The van der Waals surface area contributed by atoms with Gasteiger partial charge in [-0.25, -0.2) is 9.97 Å². The molecule has 2 aromatic carbocycles. The summed E-state index contributed by atoms with van der Waals surface area (Å²) in [6.45, 7) is 6.21. The second kappa shape index (κ2) is 10.3. The molecule has 0 saturated carbocycles. The van der Waals surface area contributed by atoms with E-state index < -0.39 is 0 Å². The molecule has 3 heterocycles. The fourth-order valence-corrected chi connectivity index (χ4v) is 4.77. The first-order chi connectivity index (χ1) is 15.8. The highest BCUT2D eigenvalue weighted by Gasteiger charge is 2.20. The van der Waals surface area contributed by atoms with E-state index in [1.54, 1.807) is 6.33 Å². The highest BCUT2D eigenvalue weighted by atomic mass is 16.5. The molecule has 0 spiro atoms. The molecule has 168 valence electrons. The van der Waals surface area contributed by atoms with Crippen LogP contribution in [0.15, 0.2) is 54.9 Å². The molecule has 1 aromatic heterocycles. The molecule has 2 saturated heterocycles. The number of fused-ring (bicyclic) bond motifs is 1. The number of piperidine rings is 2. The van der Waals surface area contributed by atoms with Crippen LogP contribution in [0.1, 0.15) is 31.2 Å². The second-order valence-corrected chi connectivity index (χ2v) is 9.09. The van der Waals surface area contributed by atoms with Crippen molar-refractivity contribution in [3.8, 4) is 5.75 Å². The number of benzene rings is 2. The lowest BCUT2D eigenvalue weighted by Gasteiger charge is -2.32. The monoisotopic (exact) mass is 431 g/mol. The van der Waals surface area contributed by atoms with Crippen LogP contribution in [0.2, 0.25) is 0 Å². The number of rotatable bonds is 7. The molecular formula is C26H33N5O. The van der Waals surface area contributed by atoms with Crippen LogP contribution in [0.5, 0.6) is 5.75 Å². The van der Waals surface area contributed by atoms with Crippen molar-refractivity contribution in [3.63, 3.8) is 0 Å². The third-order valence-electron chi connectivity index (χ3n) is 6.73. The largest absolute Gasteiger partial charge is 0.493 e. The highest BCUT2D eigenvalue weighted by molar-refractivity contribution is 5.89. The van der Waals surface area contributed by atoms with Crippen LogP contribution < -0.4 is 15.4 Å². The molecule has 2 aliphatic heterocycles. The minimum atomic E-state index is 0.441. The molecule has 6 heteroatoms. The van der Waals surface area contributed by atoms with Gasteiger partial charge in [0.15, 0.2) is 0 Å². The third kappa shape index (κ3) is 5.37. The van der Waals surface area contributed by atoms with E-state index in [9.17, 15) is 0 Å². The van der Waals surface area contributed by atoms with Crippen LogP contribution in [0, 0.1) is 5.92 Å². The minimum Gasteiger partial charge on any atom is -0.493 e. The van der Waals surface area contributed by atoms with Gasteiger partial charge in [0.1, 0.15) is 17.9 Å². The van der Waals surface area contributed by atoms with Gasteiger partial charge in [0.25, 0.3) is 0 Å². The molecule has 0 unspecified atom stereocenters. The number of ether oxygens (including phenoxy) is 1. The molecule has 2 fully saturated rings. The molecular weight excluding hydrogens is 398 g/mol. The van der Waals surface area contributed by atoms with Crippen LogP contribution in [0.4, 0.5) is 5.82 Å². The highest BCUT2D eigenvalue weighted by Crippen LogP contribution is 2.26. The number of nitrogens with one attached hydrogen (secondary N) is 2. The van der Waals surface area contributed by atoms with E-state index in [-0.39, 0.29) is 0 Å². The smallest absolute Gasteiger partial charge is 0.137 e. The van der Waals surface area contributed by atoms with Gasteiger partial charge in [-0.1, -0.05) is 30.3 Å². The van der Waals surface area contributed by atoms with Gasteiger partial charge in [-0.15, -0.1) is 0 Å². The zero-order valence-corrected chi connectivity index (χ0v) is 18.7. The maximum Gasteiger partial charge on any atom is 0.137 e. The van der Waals surface area contributed by atoms with E-state index in [1.807, 2.05) is 6.07 Å². The van der Waals surface area contributed by atoms with Crippen molar-refractivity contribution in [3.05, 3.63) is 60.4 Å². The Balaban J connectivity index is 1.17. The van der Waals surface area contributed by atoms with Crippen LogP contribution >= 0.6 is 0 Å². The molecule has 5 rings (SSSR count). The molecule has 0 aliphatic carbocycles. The zero-order chi connectivity index (χ0) is 21.6. The van der Waals surface area contributed by atoms with Gasteiger partial charge >= 0.3 is 0 Å². The summed E-state index contributed by atoms with van der Waals surface area (Å²) in [7, 11) is 0. The summed E-state index contributed by atoms with van der Waals surface area (Å²) in [6, 6.07) is 17.4. The fourth-order valence-electron chi connectivity index (χ4n) is 4.77. The van der Waals surface area contributed by atoms with Gasteiger partial charge in [-0.3, -0.25) is 4.90 Å². The van der Waals surface area contributed by atoms with Crippen molar-refractivity contribution >= 4 is 16.7 Å². The van der Waals surface area contributed by atoms with E-state index in [0.29, 0.717) is 12.0 Å². The molecule has 0 bridgehead atoms. The Morgan fingerprint density at radius 1 is 0.969 bits per heavy atom. The van der Waals surface area contributed by atoms with Gasteiger partial charge in [0.2, 0.25) is 0 Å². The lowest BCUT2D eigenvalue weighted by molar-refractivity contribution is 0.211. The third-order valence-corrected chi connectivity index (χ3v) is 6.73. The Hall–Kier alpha value is -2.70. The van der Waals surface area contributed by atoms with Crippen molar-refractivity contribution in [2.24, 2.45) is 5.92 Å². The van der Waals surface area contributed by atoms with Crippen molar-refractivity contribution in [2.45, 2.75) is 38.3 Å². The van der Waals surface area contributed by atoms with Gasteiger partial charge in [-0.2, -0.15) is 0 Å². The predicted octanol–water partition coefficient (Wildman–Crippen LogP) is 4.08. The predicted molar refractivity (Wildman–Crippen MR) is 129 cm³/mol. The number of hydrogen-bond acceptors (Lipinski definition) is 6. The number of likely N-dealkylation sites (tertiary alicyclic amines) is 1. The van der Waals surface area contributed by atoms with Crippen LogP contribution in [0.25, 0.3) is 10.9 Å². The Bertz CT molecular complexity index is 998. The summed E-state index contributed by atoms with van der Waals surface area (Å²) >= 11 is 0. The summed E-state index contributed by atoms with van der Waals surface area (Å²) in [5, 5.41) is 8.16. The Labute approximate surface area is 190 Å². The van der Waals surface area contributed by atoms with E-state index in [4.69, 9.17) is 4.74 Å². The summed E-state index contributed by atoms with van der Waals surface area (Å²) < 4.78 is 6.09. The average Bonchev–Trinajstić information content (AvgIpc) is 2.85. The molecule has 32 heavy (non-hydrogen) atoms. The van der Waals surface area contributed by atoms with Crippen molar-refractivity contribution in [1.82, 2.24) is 20.2 Å². The molecule has 6 nitrogen and oxygen atoms in total. The first-order valence-corrected chi connectivity index (χ1v) is 11.9. The number of aromatic nitrogens is 2. The van der Waals surface area contributed by atoms with Crippen molar-refractivity contribution in [2.75, 3.05) is 38.1 Å². The molecule has 2 aliphatic rings. The summed E-state index contributed by atoms with van der Waals surface area (Å²) in [5.74, 6) is 2.47. The maximum atomic E-state index is 6.09. The Morgan fingerprint density at radius 2 is 1.78 bits per heavy atom. The van der Waals surface area contributed by atoms with E-state index in [2.05, 4.69) is 68.0 Å². The Morgan fingerprint density at radius 3 is 2.59 bits per heavy atom. The van der Waals surface area contributed by atoms with E-state index in [0.717, 1.165) is 74.6 Å². The van der Waals surface area contributed by atoms with Crippen LogP contribution in [0.3, 0.4) is 0 Å². The standard InChI is InChI=1S/C26H33N5O/c1-2-4-20(5-3-1)17-31-14-10-22(11-15-31)30-26-24-7-6-23(16-25(24)28-19-29-26)32-18-21-8-12-27-13-9-21/h1-7,16,19,21-22,27H,8-15,17-18H2,(H,28,29,30). The number of hydrogen-bond donors (Lipinski definition) is 2. The normalized spacial score (nSPS) is 18.6. The fraction of sp³-hybridized carbons (Fsp3) is 0.462. The zero-order valence-electron chi connectivity index (χ0n) is 18.7. The molecule has 2 N–H and O–H groups in total. The van der Waals surface area contributed by atoms with Gasteiger partial charge in [0.05, 0.1) is 12.1 Å². The summed E-state index contributed by atoms with van der Waals surface area (Å²) in [5.41, 5.74) is 2.32. The first kappa shape index (κ1) is 21.2. The average molecular weight is 432 g/mol. The van der Waals surface area contributed by atoms with Crippen molar-refractivity contribution < 1.29 is 4.74 Å². The minimum absolute atomic E-state index is 0.441. The molecule has 0 radical (unpaired) electrons. The molecule has 0 atom stereocenters. The number of nitrogens with zero attached hydrogens (tertiary/aromatic N) is 3. The quantitative estimate of drug-likeness (QED) is 0.588. The SMILES string of the molecule is c1ccc(CN2CCC(Nc3ncnc4cc(OCC5CCNCC5)ccc34)CC2)cc1. The maximum absolute atomic E-state index is 6.09. The number of anilines is 1. The molecule has 3 aromatic rings. The first-order valence-electron chi connectivity index (χ1n) is 11.9. The van der Waals surface area contributed by atoms with Crippen molar-refractivity contribution in [1.29, 1.82) is 0 Å². The lowest BCUT2D eigenvalue weighted by atomic mass is 9.99.